The number of nitrogens with one attached hydrogen (secondary N) is 1. The summed E-state index contributed by atoms with van der Waals surface area (Å²) in [6.07, 6.45) is 2.62. The molecule has 0 aromatic heterocycles. The van der Waals surface area contributed by atoms with Gasteiger partial charge < -0.3 is 5.73 Å². The molecule has 0 amide bonds. The molecule has 1 aliphatic rings. The van der Waals surface area contributed by atoms with Crippen LogP contribution in [0.15, 0.2) is 23.1 Å². The molecule has 1 fully saturated rings. The first-order chi connectivity index (χ1) is 8.32. The standard InChI is InChI=1S/C11H14ClFN2O2S/c12-9-6-8(2-3-10(9)13)18(16,17)15-7-11(14)4-1-5-11/h2-3,6,15H,1,4-5,7,14H2. The molecule has 1 aliphatic carbocycles. The number of benzene rings is 1. The summed E-state index contributed by atoms with van der Waals surface area (Å²) >= 11 is 5.56. The molecular weight excluding hydrogens is 279 g/mol. The minimum absolute atomic E-state index is 0.0585. The van der Waals surface area contributed by atoms with Crippen LogP contribution in [0.5, 0.6) is 0 Å². The van der Waals surface area contributed by atoms with E-state index in [2.05, 4.69) is 4.72 Å². The van der Waals surface area contributed by atoms with Gasteiger partial charge in [0, 0.05) is 12.1 Å². The minimum Gasteiger partial charge on any atom is -0.324 e. The Kier molecular flexibility index (Phi) is 3.64. The summed E-state index contributed by atoms with van der Waals surface area (Å²) in [7, 11) is -3.69. The van der Waals surface area contributed by atoms with Crippen LogP contribution in [0.3, 0.4) is 0 Å². The lowest BCUT2D eigenvalue weighted by atomic mass is 9.78. The van der Waals surface area contributed by atoms with Crippen molar-refractivity contribution in [3.63, 3.8) is 0 Å². The second-order valence-corrected chi connectivity index (χ2v) is 6.79. The van der Waals surface area contributed by atoms with Crippen molar-refractivity contribution >= 4 is 21.6 Å². The molecule has 0 aliphatic heterocycles. The van der Waals surface area contributed by atoms with Gasteiger partial charge in [-0.25, -0.2) is 17.5 Å². The second-order valence-electron chi connectivity index (χ2n) is 4.62. The lowest BCUT2D eigenvalue weighted by Gasteiger charge is -2.38. The van der Waals surface area contributed by atoms with Gasteiger partial charge in [-0.1, -0.05) is 11.6 Å². The zero-order chi connectivity index (χ0) is 13.4. The van der Waals surface area contributed by atoms with Crippen molar-refractivity contribution in [2.24, 2.45) is 5.73 Å². The Bertz CT molecular complexity index is 558. The number of nitrogens with two attached hydrogens (primary N) is 1. The minimum atomic E-state index is -3.69. The molecule has 0 radical (unpaired) electrons. The number of rotatable bonds is 4. The van der Waals surface area contributed by atoms with Gasteiger partial charge in [0.15, 0.2) is 0 Å². The van der Waals surface area contributed by atoms with Gasteiger partial charge in [0.25, 0.3) is 0 Å². The molecule has 1 saturated carbocycles. The van der Waals surface area contributed by atoms with Crippen molar-refractivity contribution in [3.05, 3.63) is 29.0 Å². The molecule has 0 unspecified atom stereocenters. The molecule has 1 aromatic rings. The quantitative estimate of drug-likeness (QED) is 0.886. The summed E-state index contributed by atoms with van der Waals surface area (Å²) in [5.74, 6) is -0.648. The van der Waals surface area contributed by atoms with E-state index in [9.17, 15) is 12.8 Å². The van der Waals surface area contributed by atoms with Gasteiger partial charge in [-0.15, -0.1) is 0 Å². The van der Waals surface area contributed by atoms with Gasteiger partial charge in [-0.05, 0) is 37.5 Å². The topological polar surface area (TPSA) is 72.2 Å². The molecule has 100 valence electrons. The highest BCUT2D eigenvalue weighted by molar-refractivity contribution is 7.89. The van der Waals surface area contributed by atoms with Crippen LogP contribution in [0.1, 0.15) is 19.3 Å². The van der Waals surface area contributed by atoms with Gasteiger partial charge in [-0.3, -0.25) is 0 Å². The van der Waals surface area contributed by atoms with Gasteiger partial charge in [0.1, 0.15) is 5.82 Å². The maximum atomic E-state index is 13.0. The Labute approximate surface area is 110 Å². The SMILES string of the molecule is NC1(CNS(=O)(=O)c2ccc(F)c(Cl)c2)CCC1. The molecule has 4 nitrogen and oxygen atoms in total. The highest BCUT2D eigenvalue weighted by Crippen LogP contribution is 2.28. The van der Waals surface area contributed by atoms with Crippen LogP contribution < -0.4 is 10.5 Å². The van der Waals surface area contributed by atoms with Gasteiger partial charge >= 0.3 is 0 Å². The summed E-state index contributed by atoms with van der Waals surface area (Å²) < 4.78 is 39.3. The fraction of sp³-hybridized carbons (Fsp3) is 0.455. The third-order valence-electron chi connectivity index (χ3n) is 3.16. The third-order valence-corrected chi connectivity index (χ3v) is 4.85. The molecule has 0 heterocycles. The summed E-state index contributed by atoms with van der Waals surface area (Å²) in [5.41, 5.74) is 5.48. The van der Waals surface area contributed by atoms with Crippen LogP contribution in [-0.2, 0) is 10.0 Å². The van der Waals surface area contributed by atoms with Crippen molar-refractivity contribution in [2.75, 3.05) is 6.54 Å². The van der Waals surface area contributed by atoms with E-state index in [-0.39, 0.29) is 16.5 Å². The highest BCUT2D eigenvalue weighted by Gasteiger charge is 2.33. The third kappa shape index (κ3) is 2.83. The van der Waals surface area contributed by atoms with Crippen LogP contribution in [0.4, 0.5) is 4.39 Å². The zero-order valence-corrected chi connectivity index (χ0v) is 11.2. The maximum Gasteiger partial charge on any atom is 0.240 e. The number of hydrogen-bond acceptors (Lipinski definition) is 3. The number of hydrogen-bond donors (Lipinski definition) is 2. The lowest BCUT2D eigenvalue weighted by Crippen LogP contribution is -2.54. The number of sulfonamides is 1. The molecule has 3 N–H and O–H groups in total. The molecule has 0 spiro atoms. The average Bonchev–Trinajstić information content (AvgIpc) is 2.27. The van der Waals surface area contributed by atoms with E-state index in [4.69, 9.17) is 17.3 Å². The molecule has 1 aromatic carbocycles. The van der Waals surface area contributed by atoms with Crippen molar-refractivity contribution in [2.45, 2.75) is 29.7 Å². The number of halogens is 2. The van der Waals surface area contributed by atoms with E-state index in [0.29, 0.717) is 0 Å². The summed E-state index contributed by atoms with van der Waals surface area (Å²) in [4.78, 5) is -0.0585. The fourth-order valence-corrected chi connectivity index (χ4v) is 3.18. The van der Waals surface area contributed by atoms with Crippen molar-refractivity contribution in [1.29, 1.82) is 0 Å². The first kappa shape index (κ1) is 13.7. The summed E-state index contributed by atoms with van der Waals surface area (Å²) in [6, 6.07) is 3.29. The molecule has 7 heteroatoms. The first-order valence-corrected chi connectivity index (χ1v) is 7.42. The van der Waals surface area contributed by atoms with Crippen LogP contribution in [0.25, 0.3) is 0 Å². The Balaban J connectivity index is 2.12. The van der Waals surface area contributed by atoms with Crippen molar-refractivity contribution < 1.29 is 12.8 Å². The van der Waals surface area contributed by atoms with Crippen LogP contribution >= 0.6 is 11.6 Å². The van der Waals surface area contributed by atoms with Gasteiger partial charge in [0.05, 0.1) is 9.92 Å². The van der Waals surface area contributed by atoms with Crippen molar-refractivity contribution in [1.82, 2.24) is 4.72 Å². The Morgan fingerprint density at radius 1 is 1.44 bits per heavy atom. The zero-order valence-electron chi connectivity index (χ0n) is 9.62. The largest absolute Gasteiger partial charge is 0.324 e. The van der Waals surface area contributed by atoms with E-state index in [0.717, 1.165) is 31.4 Å². The first-order valence-electron chi connectivity index (χ1n) is 5.56. The second kappa shape index (κ2) is 4.77. The van der Waals surface area contributed by atoms with Crippen LogP contribution in [-0.4, -0.2) is 20.5 Å². The van der Waals surface area contributed by atoms with E-state index in [1.165, 1.54) is 6.07 Å². The van der Waals surface area contributed by atoms with E-state index in [1.54, 1.807) is 0 Å². The summed E-state index contributed by atoms with van der Waals surface area (Å²) in [6.45, 7) is 0.185. The van der Waals surface area contributed by atoms with E-state index >= 15 is 0 Å². The molecule has 0 atom stereocenters. The van der Waals surface area contributed by atoms with Crippen LogP contribution in [0, 0.1) is 5.82 Å². The van der Waals surface area contributed by atoms with Gasteiger partial charge in [0.2, 0.25) is 10.0 Å². The predicted molar refractivity (Wildman–Crippen MR) is 67.4 cm³/mol. The Morgan fingerprint density at radius 2 is 2.11 bits per heavy atom. The predicted octanol–water partition coefficient (Wildman–Crippen LogP) is 1.64. The van der Waals surface area contributed by atoms with E-state index < -0.39 is 21.4 Å². The van der Waals surface area contributed by atoms with Crippen molar-refractivity contribution in [3.8, 4) is 0 Å². The molecule has 0 bridgehead atoms. The molecule has 2 rings (SSSR count). The monoisotopic (exact) mass is 292 g/mol. The molecular formula is C11H14ClFN2O2S. The van der Waals surface area contributed by atoms with Crippen LogP contribution in [0.2, 0.25) is 5.02 Å². The highest BCUT2D eigenvalue weighted by atomic mass is 35.5. The lowest BCUT2D eigenvalue weighted by molar-refractivity contribution is 0.251. The van der Waals surface area contributed by atoms with Gasteiger partial charge in [-0.2, -0.15) is 0 Å². The smallest absolute Gasteiger partial charge is 0.240 e. The average molecular weight is 293 g/mol. The Hall–Kier alpha value is -0.690. The normalized spacial score (nSPS) is 18.4. The van der Waals surface area contributed by atoms with E-state index in [1.807, 2.05) is 0 Å². The maximum absolute atomic E-state index is 13.0. The fourth-order valence-electron chi connectivity index (χ4n) is 1.77. The molecule has 18 heavy (non-hydrogen) atoms. The molecule has 0 saturated heterocycles. The Morgan fingerprint density at radius 3 is 2.61 bits per heavy atom. The summed E-state index contributed by atoms with van der Waals surface area (Å²) in [5, 5.41) is -0.219.